The lowest BCUT2D eigenvalue weighted by atomic mass is 10.1. The highest BCUT2D eigenvalue weighted by Gasteiger charge is 2.15. The van der Waals surface area contributed by atoms with Crippen LogP contribution in [0.4, 0.5) is 11.4 Å². The Morgan fingerprint density at radius 3 is 2.84 bits per heavy atom. The number of carbonyl (C=O) groups excluding carboxylic acids is 1. The molecule has 25 heavy (non-hydrogen) atoms. The molecule has 0 atom stereocenters. The first-order chi connectivity index (χ1) is 12.3. The number of ether oxygens (including phenoxy) is 1. The van der Waals surface area contributed by atoms with Gasteiger partial charge in [-0.05, 0) is 18.2 Å². The second-order valence-electron chi connectivity index (χ2n) is 5.87. The van der Waals surface area contributed by atoms with E-state index in [2.05, 4.69) is 20.2 Å². The Balaban J connectivity index is 1.58. The van der Waals surface area contributed by atoms with Gasteiger partial charge in [0.15, 0.2) is 0 Å². The minimum absolute atomic E-state index is 0.194. The monoisotopic (exact) mass is 334 g/mol. The molecule has 3 aromatic rings. The third kappa shape index (κ3) is 3.29. The highest BCUT2D eigenvalue weighted by atomic mass is 16.5. The van der Waals surface area contributed by atoms with Crippen molar-refractivity contribution in [3.05, 3.63) is 60.6 Å². The molecular weight excluding hydrogens is 316 g/mol. The molecule has 2 aromatic heterocycles. The van der Waals surface area contributed by atoms with Crippen LogP contribution >= 0.6 is 0 Å². The average molecular weight is 334 g/mol. The number of rotatable bonds is 3. The number of pyridine rings is 2. The minimum atomic E-state index is -0.194. The zero-order chi connectivity index (χ0) is 17.1. The third-order valence-electron chi connectivity index (χ3n) is 4.24. The van der Waals surface area contributed by atoms with Crippen molar-refractivity contribution < 1.29 is 9.53 Å². The predicted molar refractivity (Wildman–Crippen MR) is 97.0 cm³/mol. The topological polar surface area (TPSA) is 67.4 Å². The van der Waals surface area contributed by atoms with Crippen molar-refractivity contribution in [1.29, 1.82) is 0 Å². The zero-order valence-corrected chi connectivity index (χ0v) is 13.7. The molecule has 1 N–H and O–H groups in total. The molecule has 3 heterocycles. The van der Waals surface area contributed by atoms with Gasteiger partial charge in [0.2, 0.25) is 0 Å². The molecule has 126 valence electrons. The summed E-state index contributed by atoms with van der Waals surface area (Å²) in [6.07, 6.45) is 5.08. The van der Waals surface area contributed by atoms with E-state index in [1.165, 1.54) is 0 Å². The number of hydrogen-bond donors (Lipinski definition) is 1. The number of nitrogens with one attached hydrogen (secondary N) is 1. The fourth-order valence-corrected chi connectivity index (χ4v) is 2.95. The molecule has 6 heteroatoms. The Bertz CT molecular complexity index is 901. The van der Waals surface area contributed by atoms with Crippen LogP contribution in [0.1, 0.15) is 10.4 Å². The van der Waals surface area contributed by atoms with Crippen LogP contribution in [0.2, 0.25) is 0 Å². The maximum atomic E-state index is 12.7. The number of fused-ring (bicyclic) bond motifs is 1. The van der Waals surface area contributed by atoms with Crippen molar-refractivity contribution in [3.8, 4) is 0 Å². The molecule has 1 saturated heterocycles. The largest absolute Gasteiger partial charge is 0.378 e. The van der Waals surface area contributed by atoms with Gasteiger partial charge in [0.05, 0.1) is 41.9 Å². The van der Waals surface area contributed by atoms with Crippen LogP contribution in [-0.2, 0) is 4.74 Å². The van der Waals surface area contributed by atoms with Gasteiger partial charge in [-0.1, -0.05) is 18.2 Å². The van der Waals surface area contributed by atoms with Gasteiger partial charge in [-0.15, -0.1) is 0 Å². The summed E-state index contributed by atoms with van der Waals surface area (Å²) in [7, 11) is 0. The van der Waals surface area contributed by atoms with E-state index in [4.69, 9.17) is 4.74 Å². The quantitative estimate of drug-likeness (QED) is 0.798. The molecule has 0 unspecified atom stereocenters. The van der Waals surface area contributed by atoms with E-state index in [0.29, 0.717) is 24.5 Å². The fraction of sp³-hybridized carbons (Fsp3) is 0.211. The normalized spacial score (nSPS) is 14.5. The summed E-state index contributed by atoms with van der Waals surface area (Å²) in [5.41, 5.74) is 2.93. The Kier molecular flexibility index (Phi) is 4.26. The zero-order valence-electron chi connectivity index (χ0n) is 13.7. The number of hydrogen-bond acceptors (Lipinski definition) is 5. The molecule has 1 amide bonds. The number of carbonyl (C=O) groups is 1. The van der Waals surface area contributed by atoms with Gasteiger partial charge in [-0.2, -0.15) is 0 Å². The van der Waals surface area contributed by atoms with E-state index < -0.39 is 0 Å². The summed E-state index contributed by atoms with van der Waals surface area (Å²) in [5, 5.41) is 3.93. The van der Waals surface area contributed by atoms with Crippen molar-refractivity contribution in [2.45, 2.75) is 0 Å². The van der Waals surface area contributed by atoms with Crippen LogP contribution in [0.15, 0.2) is 55.0 Å². The van der Waals surface area contributed by atoms with Crippen molar-refractivity contribution in [2.75, 3.05) is 36.5 Å². The number of amides is 1. The van der Waals surface area contributed by atoms with Gasteiger partial charge in [-0.25, -0.2) is 0 Å². The second kappa shape index (κ2) is 6.86. The van der Waals surface area contributed by atoms with Crippen LogP contribution in [0, 0.1) is 0 Å². The van der Waals surface area contributed by atoms with Crippen molar-refractivity contribution in [1.82, 2.24) is 9.97 Å². The van der Waals surface area contributed by atoms with E-state index in [1.54, 1.807) is 18.6 Å². The van der Waals surface area contributed by atoms with Crippen LogP contribution in [-0.4, -0.2) is 42.2 Å². The molecule has 1 fully saturated rings. The molecular formula is C19H18N4O2. The lowest BCUT2D eigenvalue weighted by Gasteiger charge is -2.28. The van der Waals surface area contributed by atoms with Crippen LogP contribution in [0.25, 0.3) is 10.9 Å². The molecule has 1 aromatic carbocycles. The van der Waals surface area contributed by atoms with Crippen molar-refractivity contribution >= 4 is 28.2 Å². The lowest BCUT2D eigenvalue weighted by Crippen LogP contribution is -2.36. The Labute approximate surface area is 145 Å². The Morgan fingerprint density at radius 2 is 1.96 bits per heavy atom. The smallest absolute Gasteiger partial charge is 0.257 e. The maximum absolute atomic E-state index is 12.7. The first-order valence-corrected chi connectivity index (χ1v) is 8.24. The van der Waals surface area contributed by atoms with Crippen molar-refractivity contribution in [2.24, 2.45) is 0 Å². The number of aromatic nitrogens is 2. The molecule has 4 rings (SSSR count). The molecule has 0 bridgehead atoms. The van der Waals surface area contributed by atoms with Gasteiger partial charge in [-0.3, -0.25) is 14.8 Å². The standard InChI is InChI=1S/C19H18N4O2/c24-19(22-17-5-1-3-14-4-2-6-21-18(14)17)15-11-16(13-20-12-15)23-7-9-25-10-8-23/h1-6,11-13H,7-10H2,(H,22,24). The Morgan fingerprint density at radius 1 is 1.12 bits per heavy atom. The maximum Gasteiger partial charge on any atom is 0.257 e. The molecule has 1 aliphatic rings. The van der Waals surface area contributed by atoms with Gasteiger partial charge in [0.25, 0.3) is 5.91 Å². The molecule has 0 saturated carbocycles. The minimum Gasteiger partial charge on any atom is -0.378 e. The molecule has 0 radical (unpaired) electrons. The number of morpholine rings is 1. The Hall–Kier alpha value is -2.99. The van der Waals surface area contributed by atoms with Crippen molar-refractivity contribution in [3.63, 3.8) is 0 Å². The van der Waals surface area contributed by atoms with Gasteiger partial charge < -0.3 is 15.0 Å². The van der Waals surface area contributed by atoms with Crippen LogP contribution in [0.3, 0.4) is 0 Å². The summed E-state index contributed by atoms with van der Waals surface area (Å²) < 4.78 is 5.37. The lowest BCUT2D eigenvalue weighted by molar-refractivity contribution is 0.102. The van der Waals surface area contributed by atoms with E-state index >= 15 is 0 Å². The van der Waals surface area contributed by atoms with E-state index in [0.717, 1.165) is 29.7 Å². The highest BCUT2D eigenvalue weighted by molar-refractivity contribution is 6.08. The number of anilines is 2. The average Bonchev–Trinajstić information content (AvgIpc) is 2.69. The van der Waals surface area contributed by atoms with E-state index in [9.17, 15) is 4.79 Å². The summed E-state index contributed by atoms with van der Waals surface area (Å²) in [4.78, 5) is 23.4. The number of benzene rings is 1. The molecule has 0 aliphatic carbocycles. The van der Waals surface area contributed by atoms with E-state index in [-0.39, 0.29) is 5.91 Å². The SMILES string of the molecule is O=C(Nc1cccc2cccnc12)c1cncc(N2CCOCC2)c1. The fourth-order valence-electron chi connectivity index (χ4n) is 2.95. The third-order valence-corrected chi connectivity index (χ3v) is 4.24. The first-order valence-electron chi connectivity index (χ1n) is 8.24. The first kappa shape index (κ1) is 15.5. The second-order valence-corrected chi connectivity index (χ2v) is 5.87. The number of nitrogens with zero attached hydrogens (tertiary/aromatic N) is 3. The summed E-state index contributed by atoms with van der Waals surface area (Å²) in [5.74, 6) is -0.194. The van der Waals surface area contributed by atoms with E-state index in [1.807, 2.05) is 36.4 Å². The van der Waals surface area contributed by atoms with Gasteiger partial charge in [0.1, 0.15) is 0 Å². The van der Waals surface area contributed by atoms with Gasteiger partial charge in [0, 0.05) is 30.9 Å². The van der Waals surface area contributed by atoms with Gasteiger partial charge >= 0.3 is 0 Å². The van der Waals surface area contributed by atoms with Crippen LogP contribution < -0.4 is 10.2 Å². The molecule has 6 nitrogen and oxygen atoms in total. The molecule has 1 aliphatic heterocycles. The summed E-state index contributed by atoms with van der Waals surface area (Å²) in [6.45, 7) is 3.00. The highest BCUT2D eigenvalue weighted by Crippen LogP contribution is 2.22. The predicted octanol–water partition coefficient (Wildman–Crippen LogP) is 2.72. The summed E-state index contributed by atoms with van der Waals surface area (Å²) in [6, 6.07) is 11.4. The summed E-state index contributed by atoms with van der Waals surface area (Å²) >= 11 is 0. The molecule has 0 spiro atoms. The van der Waals surface area contributed by atoms with Crippen LogP contribution in [0.5, 0.6) is 0 Å². The number of para-hydroxylation sites is 1.